The molecule has 1 aliphatic rings. The standard InChI is InChI=1S/C49H83N5O12/c1-45(2,3)62-39(55)31-51-23-24-52(32-40(56)63-46(4,5)6)27-28-54(34-42(58)65-48(10,11)12)37(30-53(26-25-51)33-41(57)64-47(7,8)9)29-36-21-19-35(20-22-36)17-16-18-38(43(59)60)50-44(61)66-49(13,14)15/h19-22,37-38H,16-18,23-34H2,1-15H3,(H,50,61)(H,59,60). The first-order valence-corrected chi connectivity index (χ1v) is 23.2. The number of ether oxygens (including phenoxy) is 5. The first kappa shape index (κ1) is 57.8. The van der Waals surface area contributed by atoms with Crippen molar-refractivity contribution >= 4 is 35.9 Å². The molecule has 376 valence electrons. The Hall–Kier alpha value is -4.32. The maximum absolute atomic E-state index is 13.7. The predicted octanol–water partition coefficient (Wildman–Crippen LogP) is 5.49. The van der Waals surface area contributed by atoms with Crippen molar-refractivity contribution in [1.29, 1.82) is 0 Å². The van der Waals surface area contributed by atoms with Crippen molar-refractivity contribution in [2.45, 2.75) is 170 Å². The Bertz CT molecular complexity index is 1740. The molecule has 1 saturated heterocycles. The van der Waals surface area contributed by atoms with Crippen molar-refractivity contribution in [2.24, 2.45) is 0 Å². The minimum Gasteiger partial charge on any atom is -0.480 e. The number of carboxylic acids is 1. The number of hydrogen-bond donors (Lipinski definition) is 2. The molecule has 2 unspecified atom stereocenters. The lowest BCUT2D eigenvalue weighted by molar-refractivity contribution is -0.160. The lowest BCUT2D eigenvalue weighted by Gasteiger charge is -2.39. The predicted molar refractivity (Wildman–Crippen MR) is 252 cm³/mol. The fourth-order valence-corrected chi connectivity index (χ4v) is 7.15. The molecule has 1 aliphatic heterocycles. The lowest BCUT2D eigenvalue weighted by atomic mass is 9.99. The Labute approximate surface area is 394 Å². The first-order chi connectivity index (χ1) is 30.1. The number of aryl methyl sites for hydroxylation is 1. The van der Waals surface area contributed by atoms with E-state index in [1.54, 1.807) is 20.8 Å². The van der Waals surface area contributed by atoms with Crippen molar-refractivity contribution in [3.05, 3.63) is 35.4 Å². The van der Waals surface area contributed by atoms with Gasteiger partial charge in [0.2, 0.25) is 0 Å². The maximum Gasteiger partial charge on any atom is 0.408 e. The summed E-state index contributed by atoms with van der Waals surface area (Å²) >= 11 is 0. The summed E-state index contributed by atoms with van der Waals surface area (Å²) in [6.07, 6.45) is 0.924. The van der Waals surface area contributed by atoms with Crippen LogP contribution < -0.4 is 5.32 Å². The van der Waals surface area contributed by atoms with E-state index < -0.39 is 70.0 Å². The van der Waals surface area contributed by atoms with Crippen LogP contribution in [0, 0.1) is 0 Å². The maximum atomic E-state index is 13.7. The largest absolute Gasteiger partial charge is 0.480 e. The van der Waals surface area contributed by atoms with Gasteiger partial charge >= 0.3 is 35.9 Å². The van der Waals surface area contributed by atoms with Crippen LogP contribution in [0.3, 0.4) is 0 Å². The summed E-state index contributed by atoms with van der Waals surface area (Å²) in [4.78, 5) is 85.9. The average molecular weight is 934 g/mol. The van der Waals surface area contributed by atoms with Crippen LogP contribution >= 0.6 is 0 Å². The molecule has 0 saturated carbocycles. The minimum absolute atomic E-state index is 0.00438. The number of carboxylic acid groups (broad SMARTS) is 1. The molecule has 1 fully saturated rings. The number of carbonyl (C=O) groups is 6. The monoisotopic (exact) mass is 934 g/mol. The van der Waals surface area contributed by atoms with E-state index in [1.807, 2.05) is 122 Å². The summed E-state index contributed by atoms with van der Waals surface area (Å²) in [5.41, 5.74) is -1.70. The number of alkyl carbamates (subject to hydrolysis) is 1. The number of carbonyl (C=O) groups excluding carboxylic acids is 5. The van der Waals surface area contributed by atoms with Gasteiger partial charge in [0.05, 0.1) is 26.2 Å². The number of amides is 1. The number of rotatable bonds is 16. The zero-order chi connectivity index (χ0) is 50.3. The van der Waals surface area contributed by atoms with Gasteiger partial charge in [0, 0.05) is 51.9 Å². The molecule has 1 aromatic carbocycles. The number of esters is 4. The van der Waals surface area contributed by atoms with Gasteiger partial charge in [-0.3, -0.25) is 38.8 Å². The van der Waals surface area contributed by atoms with Crippen molar-refractivity contribution in [3.63, 3.8) is 0 Å². The molecule has 17 nitrogen and oxygen atoms in total. The van der Waals surface area contributed by atoms with Crippen molar-refractivity contribution in [2.75, 3.05) is 72.0 Å². The van der Waals surface area contributed by atoms with E-state index in [-0.39, 0.29) is 38.6 Å². The van der Waals surface area contributed by atoms with E-state index >= 15 is 0 Å². The third-order valence-electron chi connectivity index (χ3n) is 9.67. The molecule has 2 rings (SSSR count). The molecule has 66 heavy (non-hydrogen) atoms. The van der Waals surface area contributed by atoms with Crippen LogP contribution in [-0.4, -0.2) is 173 Å². The molecular formula is C49H83N5O12. The van der Waals surface area contributed by atoms with Gasteiger partial charge in [0.25, 0.3) is 0 Å². The van der Waals surface area contributed by atoms with Crippen LogP contribution in [0.4, 0.5) is 4.79 Å². The summed E-state index contributed by atoms with van der Waals surface area (Å²) in [6.45, 7) is 29.3. The molecule has 1 amide bonds. The van der Waals surface area contributed by atoms with Gasteiger partial charge in [-0.05, 0) is 141 Å². The average Bonchev–Trinajstić information content (AvgIpc) is 3.09. The molecule has 2 N–H and O–H groups in total. The number of nitrogens with zero attached hydrogens (tertiary/aromatic N) is 4. The highest BCUT2D eigenvalue weighted by atomic mass is 16.6. The molecule has 0 spiro atoms. The first-order valence-electron chi connectivity index (χ1n) is 23.2. The molecule has 1 heterocycles. The second-order valence-electron chi connectivity index (χ2n) is 22.2. The van der Waals surface area contributed by atoms with Gasteiger partial charge in [0.15, 0.2) is 0 Å². The number of aliphatic carboxylic acids is 1. The normalized spacial score (nSPS) is 17.7. The van der Waals surface area contributed by atoms with E-state index in [9.17, 15) is 33.9 Å². The Kier molecular flexibility index (Phi) is 22.0. The molecule has 1 aromatic rings. The van der Waals surface area contributed by atoms with Gasteiger partial charge in [-0.25, -0.2) is 9.59 Å². The van der Waals surface area contributed by atoms with Crippen LogP contribution in [0.25, 0.3) is 0 Å². The molecular weight excluding hydrogens is 851 g/mol. The van der Waals surface area contributed by atoms with Crippen molar-refractivity contribution in [3.8, 4) is 0 Å². The smallest absolute Gasteiger partial charge is 0.408 e. The Morgan fingerprint density at radius 1 is 0.545 bits per heavy atom. The van der Waals surface area contributed by atoms with E-state index in [1.165, 1.54) is 0 Å². The van der Waals surface area contributed by atoms with Crippen molar-refractivity contribution < 1.29 is 57.6 Å². The zero-order valence-corrected chi connectivity index (χ0v) is 42.8. The van der Waals surface area contributed by atoms with E-state index in [0.717, 1.165) is 11.1 Å². The van der Waals surface area contributed by atoms with Gasteiger partial charge in [-0.15, -0.1) is 0 Å². The van der Waals surface area contributed by atoms with Crippen LogP contribution in [0.5, 0.6) is 0 Å². The van der Waals surface area contributed by atoms with Crippen LogP contribution in [-0.2, 0) is 60.5 Å². The third-order valence-corrected chi connectivity index (χ3v) is 9.67. The molecule has 0 radical (unpaired) electrons. The molecule has 2 atom stereocenters. The molecule has 0 aromatic heterocycles. The van der Waals surface area contributed by atoms with Gasteiger partial charge in [-0.2, -0.15) is 0 Å². The second-order valence-corrected chi connectivity index (χ2v) is 22.2. The summed E-state index contributed by atoms with van der Waals surface area (Å²) < 4.78 is 28.3. The summed E-state index contributed by atoms with van der Waals surface area (Å²) in [5, 5.41) is 12.2. The highest BCUT2D eigenvalue weighted by Gasteiger charge is 2.31. The van der Waals surface area contributed by atoms with Gasteiger partial charge < -0.3 is 34.1 Å². The summed E-state index contributed by atoms with van der Waals surface area (Å²) in [6, 6.07) is 6.50. The molecule has 17 heteroatoms. The Morgan fingerprint density at radius 2 is 0.909 bits per heavy atom. The van der Waals surface area contributed by atoms with E-state index in [0.29, 0.717) is 65.1 Å². The minimum atomic E-state index is -1.14. The highest BCUT2D eigenvalue weighted by Crippen LogP contribution is 2.19. The lowest BCUT2D eigenvalue weighted by Crippen LogP contribution is -2.54. The number of benzene rings is 1. The molecule has 0 bridgehead atoms. The Balaban J connectivity index is 2.57. The summed E-state index contributed by atoms with van der Waals surface area (Å²) in [5.74, 6) is -2.77. The fraction of sp³-hybridized carbons (Fsp3) is 0.755. The van der Waals surface area contributed by atoms with Crippen LogP contribution in [0.2, 0.25) is 0 Å². The molecule has 0 aliphatic carbocycles. The van der Waals surface area contributed by atoms with Gasteiger partial charge in [0.1, 0.15) is 34.0 Å². The number of nitrogens with one attached hydrogen (secondary N) is 1. The van der Waals surface area contributed by atoms with Crippen LogP contribution in [0.15, 0.2) is 24.3 Å². The van der Waals surface area contributed by atoms with Crippen molar-refractivity contribution in [1.82, 2.24) is 24.9 Å². The third kappa shape index (κ3) is 26.7. The van der Waals surface area contributed by atoms with E-state index in [4.69, 9.17) is 23.7 Å². The zero-order valence-electron chi connectivity index (χ0n) is 42.8. The van der Waals surface area contributed by atoms with E-state index in [2.05, 4.69) is 10.2 Å². The second kappa shape index (κ2) is 25.2. The van der Waals surface area contributed by atoms with Gasteiger partial charge in [-0.1, -0.05) is 24.3 Å². The topological polar surface area (TPSA) is 194 Å². The summed E-state index contributed by atoms with van der Waals surface area (Å²) in [7, 11) is 0. The highest BCUT2D eigenvalue weighted by molar-refractivity contribution is 5.80. The number of hydrogen-bond acceptors (Lipinski definition) is 15. The SMILES string of the molecule is CC(C)(C)OC(=O)CN1CCN(CC(=O)OC(C)(C)C)CCN(CC(=O)OC(C)(C)C)C(Cc2ccc(CCCC(NC(=O)OC(C)(C)C)C(=O)O)cc2)CN(CC(=O)OC(C)(C)C)CC1. The van der Waals surface area contributed by atoms with Crippen LogP contribution in [0.1, 0.15) is 128 Å². The Morgan fingerprint density at radius 3 is 1.32 bits per heavy atom. The fourth-order valence-electron chi connectivity index (χ4n) is 7.15. The quantitative estimate of drug-likeness (QED) is 0.156.